The molecule has 0 aliphatic heterocycles. The molecule has 0 saturated heterocycles. The number of nitrogens with one attached hydrogen (secondary N) is 1. The summed E-state index contributed by atoms with van der Waals surface area (Å²) >= 11 is 0. The molecule has 4 nitrogen and oxygen atoms in total. The molecule has 1 atom stereocenters. The van der Waals surface area contributed by atoms with Crippen LogP contribution in [0.3, 0.4) is 0 Å². The van der Waals surface area contributed by atoms with Gasteiger partial charge in [0.15, 0.2) is 0 Å². The molecule has 0 bridgehead atoms. The van der Waals surface area contributed by atoms with Crippen molar-refractivity contribution in [3.8, 4) is 0 Å². The highest BCUT2D eigenvalue weighted by atomic mass is 16.2. The Labute approximate surface area is 175 Å². The van der Waals surface area contributed by atoms with Crippen LogP contribution < -0.4 is 5.32 Å². The van der Waals surface area contributed by atoms with Crippen LogP contribution in [0.25, 0.3) is 0 Å². The molecule has 0 heterocycles. The smallest absolute Gasteiger partial charge is 0.242 e. The topological polar surface area (TPSA) is 49.4 Å². The second-order valence-electron chi connectivity index (χ2n) is 8.25. The summed E-state index contributed by atoms with van der Waals surface area (Å²) in [5, 5.41) is 2.96. The maximum absolute atomic E-state index is 13.1. The van der Waals surface area contributed by atoms with Crippen molar-refractivity contribution in [2.75, 3.05) is 6.54 Å². The number of amides is 2. The van der Waals surface area contributed by atoms with Crippen LogP contribution in [0.4, 0.5) is 0 Å². The van der Waals surface area contributed by atoms with E-state index in [1.54, 1.807) is 4.90 Å². The molecule has 2 aromatic rings. The second-order valence-corrected chi connectivity index (χ2v) is 8.25. The van der Waals surface area contributed by atoms with Crippen LogP contribution in [0.1, 0.15) is 49.4 Å². The number of aryl methyl sites for hydroxylation is 3. The number of carbonyl (C=O) groups excluding carboxylic acids is 2. The Morgan fingerprint density at radius 1 is 0.966 bits per heavy atom. The molecule has 2 amide bonds. The fourth-order valence-electron chi connectivity index (χ4n) is 3.16. The third-order valence-corrected chi connectivity index (χ3v) is 5.20. The van der Waals surface area contributed by atoms with E-state index in [1.165, 1.54) is 5.56 Å². The molecule has 0 spiro atoms. The highest BCUT2D eigenvalue weighted by Crippen LogP contribution is 2.16. The van der Waals surface area contributed by atoms with Crippen LogP contribution in [-0.4, -0.2) is 29.3 Å². The van der Waals surface area contributed by atoms with Gasteiger partial charge in [-0.25, -0.2) is 0 Å². The van der Waals surface area contributed by atoms with Crippen LogP contribution in [-0.2, 0) is 22.6 Å². The van der Waals surface area contributed by atoms with Crippen LogP contribution in [0.2, 0.25) is 0 Å². The Hall–Kier alpha value is -2.62. The minimum absolute atomic E-state index is 0.000949. The normalized spacial score (nSPS) is 11.9. The standard InChI is InChI=1S/C25H34N2O2/c1-18(2)16-26-25(29)21(5)27(17-23-9-7-6-8-20(23)4)24(28)15-14-22-12-10-19(3)11-13-22/h6-13,18,21H,14-17H2,1-5H3,(H,26,29)/t21-/m1/s1. The Morgan fingerprint density at radius 2 is 1.62 bits per heavy atom. The average Bonchev–Trinajstić information content (AvgIpc) is 2.70. The first-order chi connectivity index (χ1) is 13.8. The number of carbonyl (C=O) groups is 2. The minimum Gasteiger partial charge on any atom is -0.354 e. The third kappa shape index (κ3) is 7.04. The molecule has 0 saturated carbocycles. The van der Waals surface area contributed by atoms with Crippen molar-refractivity contribution in [3.05, 3.63) is 70.8 Å². The first-order valence-electron chi connectivity index (χ1n) is 10.4. The van der Waals surface area contributed by atoms with Gasteiger partial charge >= 0.3 is 0 Å². The lowest BCUT2D eigenvalue weighted by Gasteiger charge is -2.29. The van der Waals surface area contributed by atoms with E-state index >= 15 is 0 Å². The Balaban J connectivity index is 2.13. The molecule has 29 heavy (non-hydrogen) atoms. The molecule has 0 radical (unpaired) electrons. The van der Waals surface area contributed by atoms with Gasteiger partial charge in [0.05, 0.1) is 0 Å². The van der Waals surface area contributed by atoms with E-state index in [2.05, 4.69) is 50.4 Å². The van der Waals surface area contributed by atoms with Gasteiger partial charge in [0, 0.05) is 19.5 Å². The number of nitrogens with zero attached hydrogens (tertiary/aromatic N) is 1. The third-order valence-electron chi connectivity index (χ3n) is 5.20. The van der Waals surface area contributed by atoms with Crippen LogP contribution in [0.5, 0.6) is 0 Å². The predicted octanol–water partition coefficient (Wildman–Crippen LogP) is 4.43. The molecule has 0 unspecified atom stereocenters. The lowest BCUT2D eigenvalue weighted by molar-refractivity contribution is -0.140. The monoisotopic (exact) mass is 394 g/mol. The Morgan fingerprint density at radius 3 is 2.24 bits per heavy atom. The van der Waals surface area contributed by atoms with E-state index in [1.807, 2.05) is 38.1 Å². The largest absolute Gasteiger partial charge is 0.354 e. The molecule has 0 aliphatic rings. The Bertz CT molecular complexity index is 812. The number of hydrogen-bond donors (Lipinski definition) is 1. The predicted molar refractivity (Wildman–Crippen MR) is 119 cm³/mol. The van der Waals surface area contributed by atoms with Crippen molar-refractivity contribution in [1.82, 2.24) is 10.2 Å². The molecule has 156 valence electrons. The van der Waals surface area contributed by atoms with Gasteiger partial charge in [-0.2, -0.15) is 0 Å². The second kappa shape index (κ2) is 10.8. The van der Waals surface area contributed by atoms with Crippen molar-refractivity contribution in [1.29, 1.82) is 0 Å². The summed E-state index contributed by atoms with van der Waals surface area (Å²) in [5.41, 5.74) is 4.53. The summed E-state index contributed by atoms with van der Waals surface area (Å²) in [7, 11) is 0. The maximum atomic E-state index is 13.1. The summed E-state index contributed by atoms with van der Waals surface area (Å²) in [5.74, 6) is 0.269. The molecule has 0 aromatic heterocycles. The van der Waals surface area contributed by atoms with Gasteiger partial charge in [-0.3, -0.25) is 9.59 Å². The molecule has 2 rings (SSSR count). The van der Waals surface area contributed by atoms with Gasteiger partial charge in [0.1, 0.15) is 6.04 Å². The van der Waals surface area contributed by atoms with Gasteiger partial charge in [-0.1, -0.05) is 67.9 Å². The zero-order chi connectivity index (χ0) is 21.4. The van der Waals surface area contributed by atoms with E-state index < -0.39 is 6.04 Å². The molecule has 1 N–H and O–H groups in total. The fourth-order valence-corrected chi connectivity index (χ4v) is 3.16. The van der Waals surface area contributed by atoms with Gasteiger partial charge < -0.3 is 10.2 Å². The van der Waals surface area contributed by atoms with Crippen molar-refractivity contribution in [2.24, 2.45) is 5.92 Å². The molecule has 0 fully saturated rings. The quantitative estimate of drug-likeness (QED) is 0.684. The molecule has 0 aliphatic carbocycles. The maximum Gasteiger partial charge on any atom is 0.242 e. The minimum atomic E-state index is -0.515. The summed E-state index contributed by atoms with van der Waals surface area (Å²) in [6.45, 7) is 11.1. The zero-order valence-electron chi connectivity index (χ0n) is 18.4. The number of rotatable bonds is 9. The lowest BCUT2D eigenvalue weighted by atomic mass is 10.0. The fraction of sp³-hybridized carbons (Fsp3) is 0.440. The van der Waals surface area contributed by atoms with E-state index in [9.17, 15) is 9.59 Å². The SMILES string of the molecule is Cc1ccc(CCC(=O)N(Cc2ccccc2C)[C@H](C)C(=O)NCC(C)C)cc1. The number of benzene rings is 2. The lowest BCUT2D eigenvalue weighted by Crippen LogP contribution is -2.48. The van der Waals surface area contributed by atoms with E-state index in [0.29, 0.717) is 31.8 Å². The highest BCUT2D eigenvalue weighted by Gasteiger charge is 2.26. The summed E-state index contributed by atoms with van der Waals surface area (Å²) in [6, 6.07) is 15.8. The van der Waals surface area contributed by atoms with Gasteiger partial charge in [0.2, 0.25) is 11.8 Å². The first kappa shape index (κ1) is 22.7. The van der Waals surface area contributed by atoms with E-state index in [0.717, 1.165) is 16.7 Å². The van der Waals surface area contributed by atoms with Gasteiger partial charge in [0.25, 0.3) is 0 Å². The summed E-state index contributed by atoms with van der Waals surface area (Å²) in [4.78, 5) is 27.5. The molecular weight excluding hydrogens is 360 g/mol. The van der Waals surface area contributed by atoms with E-state index in [-0.39, 0.29) is 11.8 Å². The highest BCUT2D eigenvalue weighted by molar-refractivity contribution is 5.87. The van der Waals surface area contributed by atoms with Gasteiger partial charge in [-0.05, 0) is 49.8 Å². The summed E-state index contributed by atoms with van der Waals surface area (Å²) in [6.07, 6.45) is 1.06. The molecular formula is C25H34N2O2. The number of hydrogen-bond acceptors (Lipinski definition) is 2. The first-order valence-corrected chi connectivity index (χ1v) is 10.4. The van der Waals surface area contributed by atoms with Crippen molar-refractivity contribution < 1.29 is 9.59 Å². The zero-order valence-corrected chi connectivity index (χ0v) is 18.4. The average molecular weight is 395 g/mol. The van der Waals surface area contributed by atoms with Crippen LogP contribution in [0.15, 0.2) is 48.5 Å². The van der Waals surface area contributed by atoms with Crippen LogP contribution in [0, 0.1) is 19.8 Å². The van der Waals surface area contributed by atoms with E-state index in [4.69, 9.17) is 0 Å². The van der Waals surface area contributed by atoms with Crippen molar-refractivity contribution in [3.63, 3.8) is 0 Å². The van der Waals surface area contributed by atoms with Crippen molar-refractivity contribution in [2.45, 2.75) is 60.0 Å². The molecule has 4 heteroatoms. The van der Waals surface area contributed by atoms with Crippen LogP contribution >= 0.6 is 0 Å². The van der Waals surface area contributed by atoms with Gasteiger partial charge in [-0.15, -0.1) is 0 Å². The summed E-state index contributed by atoms with van der Waals surface area (Å²) < 4.78 is 0. The van der Waals surface area contributed by atoms with Crippen molar-refractivity contribution >= 4 is 11.8 Å². The molecule has 2 aromatic carbocycles. The Kier molecular flexibility index (Phi) is 8.44.